The van der Waals surface area contributed by atoms with Crippen LogP contribution in [-0.2, 0) is 17.8 Å². The Morgan fingerprint density at radius 1 is 1.19 bits per heavy atom. The number of carbonyl (C=O) groups is 1. The third kappa shape index (κ3) is 4.43. The van der Waals surface area contributed by atoms with E-state index in [1.165, 1.54) is 0 Å². The number of ether oxygens (including phenoxy) is 1. The first kappa shape index (κ1) is 18.0. The van der Waals surface area contributed by atoms with Crippen molar-refractivity contribution in [2.24, 2.45) is 0 Å². The Morgan fingerprint density at radius 3 is 2.73 bits per heavy atom. The number of hydrogen-bond acceptors (Lipinski definition) is 3. The summed E-state index contributed by atoms with van der Waals surface area (Å²) in [6.45, 7) is 2.28. The van der Waals surface area contributed by atoms with Crippen LogP contribution in [0.15, 0.2) is 54.6 Å². The predicted octanol–water partition coefficient (Wildman–Crippen LogP) is 5.43. The van der Waals surface area contributed by atoms with Crippen molar-refractivity contribution in [1.82, 2.24) is 10.2 Å². The highest BCUT2D eigenvalue weighted by atomic mass is 35.5. The summed E-state index contributed by atoms with van der Waals surface area (Å²) in [5.41, 5.74) is 3.90. The van der Waals surface area contributed by atoms with Crippen molar-refractivity contribution in [3.8, 4) is 11.3 Å². The van der Waals surface area contributed by atoms with Crippen LogP contribution in [0.25, 0.3) is 11.3 Å². The van der Waals surface area contributed by atoms with Gasteiger partial charge < -0.3 is 4.74 Å². The molecule has 3 rings (SSSR count). The fourth-order valence-corrected chi connectivity index (χ4v) is 2.84. The summed E-state index contributed by atoms with van der Waals surface area (Å²) >= 11 is 6.09. The number of benzene rings is 2. The Kier molecular flexibility index (Phi) is 5.92. The molecule has 0 saturated carbocycles. The van der Waals surface area contributed by atoms with Gasteiger partial charge in [-0.3, -0.25) is 10.4 Å². The number of halogens is 1. The second-order valence-corrected chi connectivity index (χ2v) is 6.31. The number of aryl methyl sites for hydroxylation is 1. The molecule has 0 saturated heterocycles. The van der Waals surface area contributed by atoms with Crippen molar-refractivity contribution in [2.45, 2.75) is 26.4 Å². The summed E-state index contributed by atoms with van der Waals surface area (Å²) in [5.74, 6) is 0. The SMILES string of the molecule is CCCc1[nH]nc(-c2cccc(Cl)c2)c1NC(=O)OCc1ccccc1. The smallest absolute Gasteiger partial charge is 0.412 e. The lowest BCUT2D eigenvalue weighted by atomic mass is 10.1. The van der Waals surface area contributed by atoms with Crippen molar-refractivity contribution in [3.05, 3.63) is 70.9 Å². The predicted molar refractivity (Wildman–Crippen MR) is 103 cm³/mol. The van der Waals surface area contributed by atoms with Gasteiger partial charge in [-0.25, -0.2) is 4.79 Å². The molecule has 0 aliphatic carbocycles. The number of hydrogen-bond donors (Lipinski definition) is 2. The minimum absolute atomic E-state index is 0.208. The lowest BCUT2D eigenvalue weighted by Gasteiger charge is -2.09. The van der Waals surface area contributed by atoms with Gasteiger partial charge in [0.15, 0.2) is 0 Å². The Labute approximate surface area is 157 Å². The minimum Gasteiger partial charge on any atom is -0.444 e. The van der Waals surface area contributed by atoms with Gasteiger partial charge in [0.25, 0.3) is 0 Å². The van der Waals surface area contributed by atoms with Crippen molar-refractivity contribution >= 4 is 23.4 Å². The lowest BCUT2D eigenvalue weighted by molar-refractivity contribution is 0.155. The number of aromatic nitrogens is 2. The summed E-state index contributed by atoms with van der Waals surface area (Å²) in [6, 6.07) is 16.9. The highest BCUT2D eigenvalue weighted by Gasteiger charge is 2.17. The Morgan fingerprint density at radius 2 is 2.00 bits per heavy atom. The van der Waals surface area contributed by atoms with Gasteiger partial charge in [-0.2, -0.15) is 5.10 Å². The number of nitrogens with one attached hydrogen (secondary N) is 2. The monoisotopic (exact) mass is 369 g/mol. The van der Waals surface area contributed by atoms with Gasteiger partial charge in [0.05, 0.1) is 11.4 Å². The van der Waals surface area contributed by atoms with Gasteiger partial charge >= 0.3 is 6.09 Å². The molecule has 0 radical (unpaired) electrons. The highest BCUT2D eigenvalue weighted by Crippen LogP contribution is 2.31. The van der Waals surface area contributed by atoms with Crippen LogP contribution < -0.4 is 5.32 Å². The number of rotatable bonds is 6. The third-order valence-electron chi connectivity index (χ3n) is 3.88. The molecule has 6 heteroatoms. The number of carbonyl (C=O) groups excluding carboxylic acids is 1. The van der Waals surface area contributed by atoms with Gasteiger partial charge in [-0.15, -0.1) is 0 Å². The van der Waals surface area contributed by atoms with Gasteiger partial charge in [0.2, 0.25) is 0 Å². The maximum atomic E-state index is 12.3. The van der Waals surface area contributed by atoms with Gasteiger partial charge in [0.1, 0.15) is 12.3 Å². The molecule has 0 atom stereocenters. The van der Waals surface area contributed by atoms with E-state index >= 15 is 0 Å². The van der Waals surface area contributed by atoms with E-state index < -0.39 is 6.09 Å². The Balaban J connectivity index is 1.78. The summed E-state index contributed by atoms with van der Waals surface area (Å²) in [6.07, 6.45) is 1.17. The van der Waals surface area contributed by atoms with Crippen LogP contribution in [0.2, 0.25) is 5.02 Å². The molecule has 0 fully saturated rings. The molecule has 134 valence electrons. The van der Waals surface area contributed by atoms with E-state index in [-0.39, 0.29) is 6.61 Å². The van der Waals surface area contributed by atoms with Crippen LogP contribution in [0.5, 0.6) is 0 Å². The molecule has 1 aromatic heterocycles. The zero-order valence-electron chi connectivity index (χ0n) is 14.5. The maximum absolute atomic E-state index is 12.3. The molecule has 0 aliphatic heterocycles. The molecule has 26 heavy (non-hydrogen) atoms. The normalized spacial score (nSPS) is 10.5. The van der Waals surface area contributed by atoms with Crippen LogP contribution in [0.4, 0.5) is 10.5 Å². The first-order chi connectivity index (χ1) is 12.7. The number of aromatic amines is 1. The standard InChI is InChI=1S/C20H20ClN3O2/c1-2-7-17-19(18(24-23-17)15-10-6-11-16(21)12-15)22-20(25)26-13-14-8-4-3-5-9-14/h3-6,8-12H,2,7,13H2,1H3,(H,22,25)(H,23,24). The van der Waals surface area contributed by atoms with Crippen LogP contribution in [0.3, 0.4) is 0 Å². The van der Waals surface area contributed by atoms with Gasteiger partial charge in [0, 0.05) is 10.6 Å². The number of anilines is 1. The molecule has 0 aliphatic rings. The third-order valence-corrected chi connectivity index (χ3v) is 4.11. The Bertz CT molecular complexity index is 878. The van der Waals surface area contributed by atoms with Crippen molar-refractivity contribution < 1.29 is 9.53 Å². The molecular weight excluding hydrogens is 350 g/mol. The average molecular weight is 370 g/mol. The van der Waals surface area contributed by atoms with E-state index in [2.05, 4.69) is 22.4 Å². The lowest BCUT2D eigenvalue weighted by Crippen LogP contribution is -2.15. The van der Waals surface area contributed by atoms with Crippen molar-refractivity contribution in [3.63, 3.8) is 0 Å². The topological polar surface area (TPSA) is 67.0 Å². The van der Waals surface area contributed by atoms with Crippen LogP contribution in [0, 0.1) is 0 Å². The molecule has 1 amide bonds. The number of amides is 1. The molecule has 3 aromatic rings. The van der Waals surface area contributed by atoms with Gasteiger partial charge in [-0.1, -0.05) is 67.4 Å². The van der Waals surface area contributed by atoms with E-state index in [0.717, 1.165) is 29.7 Å². The first-order valence-corrected chi connectivity index (χ1v) is 8.86. The van der Waals surface area contributed by atoms with Gasteiger partial charge in [-0.05, 0) is 24.1 Å². The average Bonchev–Trinajstić information content (AvgIpc) is 3.04. The van der Waals surface area contributed by atoms with Crippen molar-refractivity contribution in [2.75, 3.05) is 5.32 Å². The van der Waals surface area contributed by atoms with Crippen LogP contribution >= 0.6 is 11.6 Å². The fourth-order valence-electron chi connectivity index (χ4n) is 2.65. The molecule has 0 spiro atoms. The van der Waals surface area contributed by atoms with E-state index in [4.69, 9.17) is 16.3 Å². The quantitative estimate of drug-likeness (QED) is 0.608. The molecule has 0 bridgehead atoms. The number of H-pyrrole nitrogens is 1. The van der Waals surface area contributed by atoms with E-state index in [9.17, 15) is 4.79 Å². The van der Waals surface area contributed by atoms with Crippen molar-refractivity contribution in [1.29, 1.82) is 0 Å². The molecule has 1 heterocycles. The fraction of sp³-hybridized carbons (Fsp3) is 0.200. The summed E-state index contributed by atoms with van der Waals surface area (Å²) in [4.78, 5) is 12.3. The molecule has 2 aromatic carbocycles. The summed E-state index contributed by atoms with van der Waals surface area (Å²) < 4.78 is 5.33. The molecule has 2 N–H and O–H groups in total. The van der Waals surface area contributed by atoms with Crippen LogP contribution in [0.1, 0.15) is 24.6 Å². The van der Waals surface area contributed by atoms with Crippen LogP contribution in [-0.4, -0.2) is 16.3 Å². The van der Waals surface area contributed by atoms with E-state index in [1.807, 2.05) is 48.5 Å². The largest absolute Gasteiger partial charge is 0.444 e. The zero-order chi connectivity index (χ0) is 18.4. The first-order valence-electron chi connectivity index (χ1n) is 8.48. The van der Waals surface area contributed by atoms with E-state index in [0.29, 0.717) is 16.4 Å². The minimum atomic E-state index is -0.518. The molecule has 5 nitrogen and oxygen atoms in total. The zero-order valence-corrected chi connectivity index (χ0v) is 15.2. The second kappa shape index (κ2) is 8.54. The second-order valence-electron chi connectivity index (χ2n) is 5.87. The maximum Gasteiger partial charge on any atom is 0.412 e. The molecular formula is C20H20ClN3O2. The summed E-state index contributed by atoms with van der Waals surface area (Å²) in [7, 11) is 0. The number of nitrogens with zero attached hydrogens (tertiary/aromatic N) is 1. The molecule has 0 unspecified atom stereocenters. The Hall–Kier alpha value is -2.79. The summed E-state index contributed by atoms with van der Waals surface area (Å²) in [5, 5.41) is 10.8. The van der Waals surface area contributed by atoms with E-state index in [1.54, 1.807) is 6.07 Å². The highest BCUT2D eigenvalue weighted by molar-refractivity contribution is 6.30.